The summed E-state index contributed by atoms with van der Waals surface area (Å²) >= 11 is 0. The van der Waals surface area contributed by atoms with Gasteiger partial charge in [0.15, 0.2) is 0 Å². The van der Waals surface area contributed by atoms with Gasteiger partial charge >= 0.3 is 0 Å². The predicted molar refractivity (Wildman–Crippen MR) is 86.7 cm³/mol. The van der Waals surface area contributed by atoms with Gasteiger partial charge in [-0.3, -0.25) is 4.98 Å². The maximum absolute atomic E-state index is 4.58. The van der Waals surface area contributed by atoms with Gasteiger partial charge in [0.2, 0.25) is 0 Å². The lowest BCUT2D eigenvalue weighted by molar-refractivity contribution is 0.608. The molecular weight excluding hydrogens is 260 g/mol. The molecule has 4 nitrogen and oxygen atoms in total. The number of nitrogens with zero attached hydrogens (tertiary/aromatic N) is 2. The molecule has 4 heteroatoms. The number of rotatable bonds is 5. The number of fused-ring (bicyclic) bond motifs is 1. The summed E-state index contributed by atoms with van der Waals surface area (Å²) in [5.41, 5.74) is 2.94. The SMILES string of the molecule is CCCNc1cncc(NC2CCc3ccccc3C2)n1. The third-order valence-electron chi connectivity index (χ3n) is 3.89. The number of anilines is 2. The maximum atomic E-state index is 4.58. The van der Waals surface area contributed by atoms with E-state index in [1.165, 1.54) is 11.1 Å². The third-order valence-corrected chi connectivity index (χ3v) is 3.89. The van der Waals surface area contributed by atoms with Crippen LogP contribution in [0.15, 0.2) is 36.7 Å². The van der Waals surface area contributed by atoms with Gasteiger partial charge in [0.25, 0.3) is 0 Å². The highest BCUT2D eigenvalue weighted by molar-refractivity contribution is 5.43. The van der Waals surface area contributed by atoms with E-state index >= 15 is 0 Å². The van der Waals surface area contributed by atoms with E-state index in [1.807, 2.05) is 0 Å². The Kier molecular flexibility index (Phi) is 4.34. The van der Waals surface area contributed by atoms with Crippen molar-refractivity contribution < 1.29 is 0 Å². The van der Waals surface area contributed by atoms with E-state index < -0.39 is 0 Å². The Morgan fingerprint density at radius 1 is 1.14 bits per heavy atom. The summed E-state index contributed by atoms with van der Waals surface area (Å²) in [5, 5.41) is 6.80. The van der Waals surface area contributed by atoms with E-state index in [-0.39, 0.29) is 0 Å². The molecule has 0 aliphatic heterocycles. The largest absolute Gasteiger partial charge is 0.369 e. The van der Waals surface area contributed by atoms with Crippen molar-refractivity contribution in [1.29, 1.82) is 0 Å². The second kappa shape index (κ2) is 6.57. The molecule has 21 heavy (non-hydrogen) atoms. The van der Waals surface area contributed by atoms with Crippen molar-refractivity contribution in [2.24, 2.45) is 0 Å². The summed E-state index contributed by atoms with van der Waals surface area (Å²) in [4.78, 5) is 8.84. The molecule has 2 N–H and O–H groups in total. The minimum absolute atomic E-state index is 0.440. The molecule has 2 aromatic rings. The molecule has 1 aromatic heterocycles. The minimum atomic E-state index is 0.440. The Labute approximate surface area is 126 Å². The van der Waals surface area contributed by atoms with E-state index in [1.54, 1.807) is 12.4 Å². The molecule has 1 aliphatic rings. The summed E-state index contributed by atoms with van der Waals surface area (Å²) in [5.74, 6) is 1.71. The molecule has 1 heterocycles. The predicted octanol–water partition coefficient (Wildman–Crippen LogP) is 3.27. The van der Waals surface area contributed by atoms with Crippen molar-refractivity contribution in [3.63, 3.8) is 0 Å². The quantitative estimate of drug-likeness (QED) is 0.883. The Morgan fingerprint density at radius 2 is 1.95 bits per heavy atom. The molecule has 0 saturated carbocycles. The average molecular weight is 282 g/mol. The first-order chi connectivity index (χ1) is 10.3. The molecule has 0 spiro atoms. The lowest BCUT2D eigenvalue weighted by Gasteiger charge is -2.25. The van der Waals surface area contributed by atoms with Crippen LogP contribution >= 0.6 is 0 Å². The Bertz CT molecular complexity index is 597. The number of aromatic nitrogens is 2. The van der Waals surface area contributed by atoms with Gasteiger partial charge in [-0.25, -0.2) is 4.98 Å². The van der Waals surface area contributed by atoms with Crippen LogP contribution in [0.1, 0.15) is 30.9 Å². The maximum Gasteiger partial charge on any atom is 0.147 e. The van der Waals surface area contributed by atoms with Crippen LogP contribution in [0.3, 0.4) is 0 Å². The molecule has 0 fully saturated rings. The Hall–Kier alpha value is -2.10. The van der Waals surface area contributed by atoms with Crippen LogP contribution in [0.2, 0.25) is 0 Å². The molecule has 0 amide bonds. The van der Waals surface area contributed by atoms with Crippen molar-refractivity contribution in [3.05, 3.63) is 47.8 Å². The molecule has 1 atom stereocenters. The van der Waals surface area contributed by atoms with Crippen molar-refractivity contribution >= 4 is 11.6 Å². The summed E-state index contributed by atoms with van der Waals surface area (Å²) in [6.45, 7) is 3.07. The Balaban J connectivity index is 1.65. The van der Waals surface area contributed by atoms with E-state index in [9.17, 15) is 0 Å². The first-order valence-corrected chi connectivity index (χ1v) is 7.74. The zero-order chi connectivity index (χ0) is 14.5. The van der Waals surface area contributed by atoms with Gasteiger partial charge in [0.05, 0.1) is 12.4 Å². The van der Waals surface area contributed by atoms with E-state index in [2.05, 4.69) is 51.8 Å². The van der Waals surface area contributed by atoms with Crippen molar-refractivity contribution in [2.45, 2.75) is 38.6 Å². The monoisotopic (exact) mass is 282 g/mol. The number of benzene rings is 1. The van der Waals surface area contributed by atoms with Gasteiger partial charge in [-0.05, 0) is 36.8 Å². The van der Waals surface area contributed by atoms with Crippen LogP contribution in [-0.2, 0) is 12.8 Å². The van der Waals surface area contributed by atoms with Crippen LogP contribution in [-0.4, -0.2) is 22.6 Å². The molecule has 110 valence electrons. The normalized spacial score (nSPS) is 17.1. The number of hydrogen-bond donors (Lipinski definition) is 2. The summed E-state index contributed by atoms with van der Waals surface area (Å²) in [6.07, 6.45) is 8.00. The van der Waals surface area contributed by atoms with Crippen LogP contribution in [0.25, 0.3) is 0 Å². The summed E-state index contributed by atoms with van der Waals surface area (Å²) < 4.78 is 0. The average Bonchev–Trinajstić information content (AvgIpc) is 2.53. The van der Waals surface area contributed by atoms with Crippen molar-refractivity contribution in [1.82, 2.24) is 9.97 Å². The van der Waals surface area contributed by atoms with E-state index in [0.717, 1.165) is 43.9 Å². The lowest BCUT2D eigenvalue weighted by Crippen LogP contribution is -2.27. The zero-order valence-electron chi connectivity index (χ0n) is 12.5. The zero-order valence-corrected chi connectivity index (χ0v) is 12.5. The molecule has 0 bridgehead atoms. The van der Waals surface area contributed by atoms with Crippen LogP contribution in [0.4, 0.5) is 11.6 Å². The molecule has 3 rings (SSSR count). The standard InChI is InChI=1S/C17H22N4/c1-2-9-19-16-11-18-12-17(21-16)20-15-8-7-13-5-3-4-6-14(13)10-15/h3-6,11-12,15H,2,7-10H2,1H3,(H2,19,20,21). The van der Waals surface area contributed by atoms with Gasteiger partial charge < -0.3 is 10.6 Å². The molecule has 1 aliphatic carbocycles. The van der Waals surface area contributed by atoms with E-state index in [4.69, 9.17) is 0 Å². The van der Waals surface area contributed by atoms with Crippen LogP contribution < -0.4 is 10.6 Å². The molecular formula is C17H22N4. The lowest BCUT2D eigenvalue weighted by atomic mass is 9.88. The number of hydrogen-bond acceptors (Lipinski definition) is 4. The highest BCUT2D eigenvalue weighted by atomic mass is 15.1. The molecule has 0 saturated heterocycles. The third kappa shape index (κ3) is 3.51. The number of aryl methyl sites for hydroxylation is 1. The van der Waals surface area contributed by atoms with Crippen LogP contribution in [0.5, 0.6) is 0 Å². The fourth-order valence-electron chi connectivity index (χ4n) is 2.80. The van der Waals surface area contributed by atoms with Gasteiger partial charge in [-0.1, -0.05) is 31.2 Å². The second-order valence-electron chi connectivity index (χ2n) is 5.57. The van der Waals surface area contributed by atoms with Crippen molar-refractivity contribution in [3.8, 4) is 0 Å². The number of nitrogens with one attached hydrogen (secondary N) is 2. The minimum Gasteiger partial charge on any atom is -0.369 e. The summed E-state index contributed by atoms with van der Waals surface area (Å²) in [6, 6.07) is 9.15. The molecule has 1 unspecified atom stereocenters. The molecule has 1 aromatic carbocycles. The van der Waals surface area contributed by atoms with Gasteiger partial charge in [0.1, 0.15) is 11.6 Å². The summed E-state index contributed by atoms with van der Waals surface area (Å²) in [7, 11) is 0. The fourth-order valence-corrected chi connectivity index (χ4v) is 2.80. The van der Waals surface area contributed by atoms with E-state index in [0.29, 0.717) is 6.04 Å². The topological polar surface area (TPSA) is 49.8 Å². The second-order valence-corrected chi connectivity index (χ2v) is 5.57. The van der Waals surface area contributed by atoms with Crippen LogP contribution in [0, 0.1) is 0 Å². The molecule has 0 radical (unpaired) electrons. The van der Waals surface area contributed by atoms with Gasteiger partial charge in [-0.2, -0.15) is 0 Å². The van der Waals surface area contributed by atoms with Gasteiger partial charge in [-0.15, -0.1) is 0 Å². The smallest absolute Gasteiger partial charge is 0.147 e. The fraction of sp³-hybridized carbons (Fsp3) is 0.412. The highest BCUT2D eigenvalue weighted by Crippen LogP contribution is 2.23. The first kappa shape index (κ1) is 13.9. The highest BCUT2D eigenvalue weighted by Gasteiger charge is 2.18. The first-order valence-electron chi connectivity index (χ1n) is 7.74. The van der Waals surface area contributed by atoms with Gasteiger partial charge in [0, 0.05) is 12.6 Å². The van der Waals surface area contributed by atoms with Crippen molar-refractivity contribution in [2.75, 3.05) is 17.2 Å². The Morgan fingerprint density at radius 3 is 2.81 bits per heavy atom.